The van der Waals surface area contributed by atoms with E-state index in [4.69, 9.17) is 21.1 Å². The van der Waals surface area contributed by atoms with Crippen LogP contribution in [0.25, 0.3) is 11.3 Å². The topological polar surface area (TPSA) is 33.4 Å². The van der Waals surface area contributed by atoms with Gasteiger partial charge in [-0.15, -0.1) is 0 Å². The van der Waals surface area contributed by atoms with Crippen molar-refractivity contribution < 1.29 is 9.52 Å². The number of hydrogen-bond donors (Lipinski definition) is 1. The van der Waals surface area contributed by atoms with Crippen molar-refractivity contribution >= 4 is 27.5 Å². The summed E-state index contributed by atoms with van der Waals surface area (Å²) in [6.45, 7) is -0.0921. The fourth-order valence-corrected chi connectivity index (χ4v) is 2.18. The van der Waals surface area contributed by atoms with Gasteiger partial charge in [0.1, 0.15) is 18.1 Å². The molecule has 2 nitrogen and oxygen atoms in total. The van der Waals surface area contributed by atoms with Crippen molar-refractivity contribution in [3.63, 3.8) is 0 Å². The van der Waals surface area contributed by atoms with E-state index < -0.39 is 0 Å². The van der Waals surface area contributed by atoms with Gasteiger partial charge in [-0.1, -0.05) is 11.6 Å². The monoisotopic (exact) mass is 286 g/mol. The molecule has 2 aromatic rings. The van der Waals surface area contributed by atoms with Crippen LogP contribution in [0.1, 0.15) is 5.76 Å². The molecule has 0 bridgehead atoms. The summed E-state index contributed by atoms with van der Waals surface area (Å²) in [5, 5.41) is 9.55. The molecule has 1 aromatic heterocycles. The first-order chi connectivity index (χ1) is 7.20. The zero-order valence-corrected chi connectivity index (χ0v) is 10.0. The molecule has 0 spiro atoms. The van der Waals surface area contributed by atoms with Gasteiger partial charge in [0.05, 0.1) is 0 Å². The van der Waals surface area contributed by atoms with Crippen LogP contribution in [0.2, 0.25) is 5.02 Å². The highest BCUT2D eigenvalue weighted by Crippen LogP contribution is 2.31. The van der Waals surface area contributed by atoms with Crippen LogP contribution in [-0.4, -0.2) is 5.11 Å². The average Bonchev–Trinajstić information content (AvgIpc) is 2.66. The molecule has 2 rings (SSSR count). The Kier molecular flexibility index (Phi) is 3.14. The maximum atomic E-state index is 8.88. The van der Waals surface area contributed by atoms with Crippen molar-refractivity contribution in [1.82, 2.24) is 0 Å². The number of hydrogen-bond acceptors (Lipinski definition) is 2. The Morgan fingerprint density at radius 3 is 2.67 bits per heavy atom. The van der Waals surface area contributed by atoms with Crippen molar-refractivity contribution in [2.24, 2.45) is 0 Å². The molecule has 0 radical (unpaired) electrons. The summed E-state index contributed by atoms with van der Waals surface area (Å²) in [7, 11) is 0. The van der Waals surface area contributed by atoms with Crippen LogP contribution in [0.4, 0.5) is 0 Å². The molecule has 0 saturated carbocycles. The minimum atomic E-state index is -0.0921. The maximum Gasteiger partial charge on any atom is 0.135 e. The van der Waals surface area contributed by atoms with Crippen molar-refractivity contribution in [3.05, 3.63) is 45.6 Å². The van der Waals surface area contributed by atoms with Crippen LogP contribution in [0, 0.1) is 0 Å². The third-order valence-corrected chi connectivity index (χ3v) is 2.91. The zero-order valence-electron chi connectivity index (χ0n) is 7.71. The molecule has 0 amide bonds. The highest BCUT2D eigenvalue weighted by atomic mass is 79.9. The lowest BCUT2D eigenvalue weighted by Gasteiger charge is -2.01. The van der Waals surface area contributed by atoms with E-state index in [1.54, 1.807) is 18.2 Å². The number of aliphatic hydroxyl groups is 1. The van der Waals surface area contributed by atoms with Crippen LogP contribution < -0.4 is 0 Å². The Morgan fingerprint density at radius 1 is 1.27 bits per heavy atom. The summed E-state index contributed by atoms with van der Waals surface area (Å²) in [6.07, 6.45) is 0. The molecule has 1 heterocycles. The van der Waals surface area contributed by atoms with Gasteiger partial charge >= 0.3 is 0 Å². The first-order valence-corrected chi connectivity index (χ1v) is 5.53. The predicted molar refractivity (Wildman–Crippen MR) is 62.8 cm³/mol. The summed E-state index contributed by atoms with van der Waals surface area (Å²) >= 11 is 9.24. The molecule has 0 aliphatic rings. The van der Waals surface area contributed by atoms with Gasteiger partial charge in [0.15, 0.2) is 0 Å². The average molecular weight is 288 g/mol. The van der Waals surface area contributed by atoms with Crippen LogP contribution >= 0.6 is 27.5 Å². The summed E-state index contributed by atoms with van der Waals surface area (Å²) in [5.74, 6) is 1.26. The SMILES string of the molecule is OCc1ccc(-c2ccc(Cl)cc2Br)o1. The predicted octanol–water partition coefficient (Wildman–Crippen LogP) is 3.85. The first kappa shape index (κ1) is 10.7. The van der Waals surface area contributed by atoms with Gasteiger partial charge in [-0.2, -0.15) is 0 Å². The third-order valence-electron chi connectivity index (χ3n) is 2.01. The van der Waals surface area contributed by atoms with Gasteiger partial charge in [-0.3, -0.25) is 0 Å². The maximum absolute atomic E-state index is 8.88. The van der Waals surface area contributed by atoms with E-state index in [9.17, 15) is 0 Å². The van der Waals surface area contributed by atoms with Crippen molar-refractivity contribution in [1.29, 1.82) is 0 Å². The number of benzene rings is 1. The van der Waals surface area contributed by atoms with Gasteiger partial charge in [0, 0.05) is 15.1 Å². The van der Waals surface area contributed by atoms with Crippen LogP contribution in [0.5, 0.6) is 0 Å². The van der Waals surface area contributed by atoms with Crippen molar-refractivity contribution in [2.75, 3.05) is 0 Å². The largest absolute Gasteiger partial charge is 0.459 e. The first-order valence-electron chi connectivity index (χ1n) is 4.35. The molecule has 15 heavy (non-hydrogen) atoms. The Labute approximate surface area is 101 Å². The smallest absolute Gasteiger partial charge is 0.135 e. The lowest BCUT2D eigenvalue weighted by molar-refractivity contribution is 0.248. The molecule has 0 fully saturated rings. The fourth-order valence-electron chi connectivity index (χ4n) is 1.30. The van der Waals surface area contributed by atoms with Crippen molar-refractivity contribution in [2.45, 2.75) is 6.61 Å². The standard InChI is InChI=1S/C11H8BrClO2/c12-10-5-7(13)1-3-9(10)11-4-2-8(6-14)15-11/h1-5,14H,6H2. The molecule has 4 heteroatoms. The molecule has 0 aliphatic heterocycles. The van der Waals surface area contributed by atoms with Crippen LogP contribution in [0.3, 0.4) is 0 Å². The molecule has 1 N–H and O–H groups in total. The van der Waals surface area contributed by atoms with E-state index in [1.807, 2.05) is 12.1 Å². The second kappa shape index (κ2) is 4.39. The van der Waals surface area contributed by atoms with E-state index in [0.29, 0.717) is 16.5 Å². The van der Waals surface area contributed by atoms with Gasteiger partial charge in [0.2, 0.25) is 0 Å². The van der Waals surface area contributed by atoms with Gasteiger partial charge in [0.25, 0.3) is 0 Å². The lowest BCUT2D eigenvalue weighted by Crippen LogP contribution is -1.77. The number of furan rings is 1. The van der Waals surface area contributed by atoms with E-state index >= 15 is 0 Å². The molecule has 0 atom stereocenters. The molecule has 1 aromatic carbocycles. The molecule has 78 valence electrons. The Balaban J connectivity index is 2.44. The van der Waals surface area contributed by atoms with E-state index in [2.05, 4.69) is 15.9 Å². The Morgan fingerprint density at radius 2 is 2.07 bits per heavy atom. The minimum Gasteiger partial charge on any atom is -0.459 e. The van der Waals surface area contributed by atoms with E-state index in [-0.39, 0.29) is 6.61 Å². The van der Waals surface area contributed by atoms with Gasteiger partial charge in [-0.25, -0.2) is 0 Å². The van der Waals surface area contributed by atoms with E-state index in [1.165, 1.54) is 0 Å². The fraction of sp³-hybridized carbons (Fsp3) is 0.0909. The Hall–Kier alpha value is -0.770. The lowest BCUT2D eigenvalue weighted by atomic mass is 10.2. The van der Waals surface area contributed by atoms with Gasteiger partial charge < -0.3 is 9.52 Å². The summed E-state index contributed by atoms with van der Waals surface area (Å²) < 4.78 is 6.29. The minimum absolute atomic E-state index is 0.0921. The normalized spacial score (nSPS) is 10.6. The summed E-state index contributed by atoms with van der Waals surface area (Å²) in [5.41, 5.74) is 0.916. The second-order valence-corrected chi connectivity index (χ2v) is 4.34. The highest BCUT2D eigenvalue weighted by Gasteiger charge is 2.08. The van der Waals surface area contributed by atoms with Gasteiger partial charge in [-0.05, 0) is 46.3 Å². The Bertz CT molecular complexity index is 479. The number of halogens is 2. The third kappa shape index (κ3) is 2.25. The zero-order chi connectivity index (χ0) is 10.8. The molecular weight excluding hydrogens is 279 g/mol. The molecule has 0 unspecified atom stereocenters. The van der Waals surface area contributed by atoms with E-state index in [0.717, 1.165) is 10.0 Å². The summed E-state index contributed by atoms with van der Waals surface area (Å²) in [4.78, 5) is 0. The number of rotatable bonds is 2. The number of aliphatic hydroxyl groups excluding tert-OH is 1. The van der Waals surface area contributed by atoms with Crippen LogP contribution in [-0.2, 0) is 6.61 Å². The van der Waals surface area contributed by atoms with Crippen molar-refractivity contribution in [3.8, 4) is 11.3 Å². The quantitative estimate of drug-likeness (QED) is 0.910. The highest BCUT2D eigenvalue weighted by molar-refractivity contribution is 9.10. The van der Waals surface area contributed by atoms with Crippen LogP contribution in [0.15, 0.2) is 39.2 Å². The molecule has 0 aliphatic carbocycles. The summed E-state index contributed by atoms with van der Waals surface area (Å²) in [6, 6.07) is 9.03. The second-order valence-electron chi connectivity index (χ2n) is 3.05. The molecular formula is C11H8BrClO2. The molecule has 0 saturated heterocycles.